The molecule has 0 unspecified atom stereocenters. The zero-order valence-corrected chi connectivity index (χ0v) is 12.5. The molecule has 1 amide bonds. The first-order valence-corrected chi connectivity index (χ1v) is 7.28. The molecule has 0 bridgehead atoms. The number of fused-ring (bicyclic) bond motifs is 1. The smallest absolute Gasteiger partial charge is 0.253 e. The van der Waals surface area contributed by atoms with Gasteiger partial charge in [0.1, 0.15) is 5.82 Å². The van der Waals surface area contributed by atoms with Gasteiger partial charge in [-0.05, 0) is 36.3 Å². The predicted molar refractivity (Wildman–Crippen MR) is 85.9 cm³/mol. The molecule has 0 radical (unpaired) electrons. The number of carbonyl (C=O) groups excluding carboxylic acids is 1. The third-order valence-corrected chi connectivity index (χ3v) is 3.58. The minimum Gasteiger partial charge on any atom is -0.352 e. The lowest BCUT2D eigenvalue weighted by atomic mass is 10.1. The number of hydrogen-bond donors (Lipinski definition) is 3. The summed E-state index contributed by atoms with van der Waals surface area (Å²) in [5.41, 5.74) is 2.38. The highest BCUT2D eigenvalue weighted by atomic mass is 32.1. The summed E-state index contributed by atoms with van der Waals surface area (Å²) < 4.78 is 14.0. The molecule has 1 aromatic heterocycles. The minimum absolute atomic E-state index is 0.246. The number of amides is 1. The van der Waals surface area contributed by atoms with Gasteiger partial charge in [-0.25, -0.2) is 4.39 Å². The van der Waals surface area contributed by atoms with Crippen LogP contribution in [0, 0.1) is 10.6 Å². The minimum atomic E-state index is -0.481. The van der Waals surface area contributed by atoms with Gasteiger partial charge in [0.2, 0.25) is 0 Å². The monoisotopic (exact) mass is 315 g/mol. The highest BCUT2D eigenvalue weighted by Gasteiger charge is 2.13. The van der Waals surface area contributed by atoms with Crippen molar-refractivity contribution >= 4 is 29.2 Å². The van der Waals surface area contributed by atoms with Gasteiger partial charge in [-0.3, -0.25) is 4.79 Å². The second kappa shape index (κ2) is 6.11. The van der Waals surface area contributed by atoms with E-state index in [1.54, 1.807) is 0 Å². The Balaban J connectivity index is 1.76. The lowest BCUT2D eigenvalue weighted by Gasteiger charge is -2.06. The number of imidazole rings is 1. The van der Waals surface area contributed by atoms with E-state index >= 15 is 0 Å². The first-order chi connectivity index (χ1) is 10.6. The van der Waals surface area contributed by atoms with Crippen molar-refractivity contribution < 1.29 is 9.18 Å². The number of rotatable bonds is 4. The van der Waals surface area contributed by atoms with Gasteiger partial charge in [0.25, 0.3) is 5.91 Å². The Bertz CT molecular complexity index is 870. The Morgan fingerprint density at radius 2 is 1.95 bits per heavy atom. The molecule has 0 aliphatic rings. The van der Waals surface area contributed by atoms with E-state index in [9.17, 15) is 9.18 Å². The molecule has 1 heterocycles. The number of nitrogens with one attached hydrogen (secondary N) is 3. The normalized spacial score (nSPS) is 10.8. The molecule has 112 valence electrons. The molecule has 6 heteroatoms. The van der Waals surface area contributed by atoms with Crippen LogP contribution in [0.5, 0.6) is 0 Å². The molecule has 4 nitrogen and oxygen atoms in total. The SMILES string of the molecule is O=C(NCCc1ccccc1)c1cc(F)cc2[nH]c(=S)[nH]c12. The largest absolute Gasteiger partial charge is 0.352 e. The molecular formula is C16H14FN3OS. The number of halogens is 1. The van der Waals surface area contributed by atoms with Crippen LogP contribution < -0.4 is 5.32 Å². The van der Waals surface area contributed by atoms with E-state index in [2.05, 4.69) is 15.3 Å². The average molecular weight is 315 g/mol. The Labute approximate surface area is 131 Å². The van der Waals surface area contributed by atoms with Crippen LogP contribution in [0.2, 0.25) is 0 Å². The molecule has 2 aromatic carbocycles. The lowest BCUT2D eigenvalue weighted by molar-refractivity contribution is 0.0955. The van der Waals surface area contributed by atoms with Gasteiger partial charge in [0, 0.05) is 6.54 Å². The van der Waals surface area contributed by atoms with Gasteiger partial charge in [0.05, 0.1) is 16.6 Å². The maximum atomic E-state index is 13.6. The first kappa shape index (κ1) is 14.5. The van der Waals surface area contributed by atoms with Gasteiger partial charge in [-0.15, -0.1) is 0 Å². The van der Waals surface area contributed by atoms with Crippen LogP contribution in [0.25, 0.3) is 11.0 Å². The predicted octanol–water partition coefficient (Wildman–Crippen LogP) is 3.34. The molecule has 3 N–H and O–H groups in total. The van der Waals surface area contributed by atoms with E-state index in [4.69, 9.17) is 12.2 Å². The fourth-order valence-electron chi connectivity index (χ4n) is 2.35. The van der Waals surface area contributed by atoms with Crippen molar-refractivity contribution in [3.63, 3.8) is 0 Å². The van der Waals surface area contributed by atoms with Crippen LogP contribution in [0.4, 0.5) is 4.39 Å². The van der Waals surface area contributed by atoms with E-state index in [0.29, 0.717) is 28.8 Å². The molecule has 0 saturated carbocycles. The maximum Gasteiger partial charge on any atom is 0.253 e. The van der Waals surface area contributed by atoms with Crippen molar-refractivity contribution in [2.24, 2.45) is 0 Å². The van der Waals surface area contributed by atoms with Crippen molar-refractivity contribution in [2.45, 2.75) is 6.42 Å². The van der Waals surface area contributed by atoms with Crippen LogP contribution in [-0.4, -0.2) is 22.4 Å². The Hall–Kier alpha value is -2.47. The number of aromatic nitrogens is 2. The van der Waals surface area contributed by atoms with Crippen LogP contribution in [0.15, 0.2) is 42.5 Å². The number of hydrogen-bond acceptors (Lipinski definition) is 2. The van der Waals surface area contributed by atoms with Crippen molar-refractivity contribution in [1.29, 1.82) is 0 Å². The molecule has 0 spiro atoms. The van der Waals surface area contributed by atoms with Gasteiger partial charge in [0.15, 0.2) is 4.77 Å². The van der Waals surface area contributed by atoms with E-state index < -0.39 is 5.82 Å². The van der Waals surface area contributed by atoms with Gasteiger partial charge < -0.3 is 15.3 Å². The molecule has 0 aliphatic carbocycles. The van der Waals surface area contributed by atoms with Gasteiger partial charge >= 0.3 is 0 Å². The molecule has 3 aromatic rings. The zero-order chi connectivity index (χ0) is 15.5. The van der Waals surface area contributed by atoms with Crippen molar-refractivity contribution in [2.75, 3.05) is 6.54 Å². The van der Waals surface area contributed by atoms with Gasteiger partial charge in [-0.1, -0.05) is 30.3 Å². The first-order valence-electron chi connectivity index (χ1n) is 6.87. The van der Waals surface area contributed by atoms with Crippen LogP contribution in [-0.2, 0) is 6.42 Å². The Kier molecular flexibility index (Phi) is 4.02. The van der Waals surface area contributed by atoms with E-state index in [-0.39, 0.29) is 11.5 Å². The molecule has 3 rings (SSSR count). The second-order valence-corrected chi connectivity index (χ2v) is 5.35. The summed E-state index contributed by atoms with van der Waals surface area (Å²) in [6.45, 7) is 0.478. The third kappa shape index (κ3) is 3.07. The topological polar surface area (TPSA) is 60.7 Å². The van der Waals surface area contributed by atoms with E-state index in [1.165, 1.54) is 12.1 Å². The average Bonchev–Trinajstić information content (AvgIpc) is 2.87. The molecule has 0 atom stereocenters. The number of benzene rings is 2. The van der Waals surface area contributed by atoms with Crippen molar-refractivity contribution in [1.82, 2.24) is 15.3 Å². The molecule has 0 aliphatic heterocycles. The highest BCUT2D eigenvalue weighted by molar-refractivity contribution is 7.71. The summed E-state index contributed by atoms with van der Waals surface area (Å²) in [4.78, 5) is 18.0. The Morgan fingerprint density at radius 3 is 2.73 bits per heavy atom. The Morgan fingerprint density at radius 1 is 1.18 bits per heavy atom. The summed E-state index contributed by atoms with van der Waals surface area (Å²) in [6.07, 6.45) is 0.716. The maximum absolute atomic E-state index is 13.6. The summed E-state index contributed by atoms with van der Waals surface area (Å²) in [5.74, 6) is -0.809. The summed E-state index contributed by atoms with van der Waals surface area (Å²) in [6, 6.07) is 12.4. The standard InChI is InChI=1S/C16H14FN3OS/c17-11-8-12(14-13(9-11)19-16(22)20-14)15(21)18-7-6-10-4-2-1-3-5-10/h1-5,8-9H,6-7H2,(H,18,21)(H2,19,20,22). The van der Waals surface area contributed by atoms with Crippen molar-refractivity contribution in [3.8, 4) is 0 Å². The zero-order valence-electron chi connectivity index (χ0n) is 11.7. The van der Waals surface area contributed by atoms with Crippen LogP contribution in [0.1, 0.15) is 15.9 Å². The highest BCUT2D eigenvalue weighted by Crippen LogP contribution is 2.17. The quantitative estimate of drug-likeness (QED) is 0.647. The molecule has 0 saturated heterocycles. The van der Waals surface area contributed by atoms with E-state index in [1.807, 2.05) is 30.3 Å². The second-order valence-electron chi connectivity index (χ2n) is 4.95. The fourth-order valence-corrected chi connectivity index (χ4v) is 2.56. The van der Waals surface area contributed by atoms with Crippen LogP contribution >= 0.6 is 12.2 Å². The summed E-state index contributed by atoms with van der Waals surface area (Å²) in [5, 5.41) is 2.80. The van der Waals surface area contributed by atoms with E-state index in [0.717, 1.165) is 5.56 Å². The molecule has 0 fully saturated rings. The number of carbonyl (C=O) groups is 1. The molecule has 22 heavy (non-hydrogen) atoms. The van der Waals surface area contributed by atoms with Crippen LogP contribution in [0.3, 0.4) is 0 Å². The summed E-state index contributed by atoms with van der Waals surface area (Å²) in [7, 11) is 0. The fraction of sp³-hybridized carbons (Fsp3) is 0.125. The molecular weight excluding hydrogens is 301 g/mol. The third-order valence-electron chi connectivity index (χ3n) is 3.38. The summed E-state index contributed by atoms with van der Waals surface area (Å²) >= 11 is 4.99. The van der Waals surface area contributed by atoms with Crippen molar-refractivity contribution in [3.05, 3.63) is 64.2 Å². The number of H-pyrrole nitrogens is 2. The number of aromatic amines is 2. The lowest BCUT2D eigenvalue weighted by Crippen LogP contribution is -2.26. The van der Waals surface area contributed by atoms with Gasteiger partial charge in [-0.2, -0.15) is 0 Å².